The van der Waals surface area contributed by atoms with E-state index >= 15 is 0 Å². The van der Waals surface area contributed by atoms with Crippen molar-refractivity contribution in [1.29, 1.82) is 0 Å². The number of carbonyl (C=O) groups excluding carboxylic acids is 1. The van der Waals surface area contributed by atoms with E-state index in [1.165, 1.54) is 11.4 Å². The Hall–Kier alpha value is -1.80. The summed E-state index contributed by atoms with van der Waals surface area (Å²) in [6.45, 7) is 0.676. The smallest absolute Gasteiger partial charge is 0.225 e. The molecule has 0 bridgehead atoms. The Labute approximate surface area is 124 Å². The van der Waals surface area contributed by atoms with Crippen molar-refractivity contribution in [2.75, 3.05) is 37.0 Å². The largest absolute Gasteiger partial charge is 0.497 e. The molecule has 8 heteroatoms. The third-order valence-electron chi connectivity index (χ3n) is 3.33. The third kappa shape index (κ3) is 3.85. The van der Waals surface area contributed by atoms with Crippen LogP contribution in [0.5, 0.6) is 5.75 Å². The molecule has 0 unspecified atom stereocenters. The van der Waals surface area contributed by atoms with Crippen molar-refractivity contribution >= 4 is 27.3 Å². The van der Waals surface area contributed by atoms with Crippen LogP contribution in [0.2, 0.25) is 0 Å². The van der Waals surface area contributed by atoms with Gasteiger partial charge in [-0.25, -0.2) is 12.7 Å². The second-order valence-electron chi connectivity index (χ2n) is 4.82. The topological polar surface area (TPSA) is 102 Å². The summed E-state index contributed by atoms with van der Waals surface area (Å²) in [7, 11) is -1.64. The van der Waals surface area contributed by atoms with E-state index in [4.69, 9.17) is 10.5 Å². The van der Waals surface area contributed by atoms with Crippen LogP contribution < -0.4 is 15.8 Å². The number of rotatable bonds is 5. The van der Waals surface area contributed by atoms with E-state index in [2.05, 4.69) is 5.32 Å². The first-order chi connectivity index (χ1) is 9.92. The normalized spacial score (nSPS) is 17.6. The van der Waals surface area contributed by atoms with Gasteiger partial charge >= 0.3 is 0 Å². The van der Waals surface area contributed by atoms with Crippen LogP contribution in [0.3, 0.4) is 0 Å². The number of nitrogens with two attached hydrogens (primary N) is 1. The van der Waals surface area contributed by atoms with Crippen molar-refractivity contribution < 1.29 is 17.9 Å². The van der Waals surface area contributed by atoms with E-state index in [0.717, 1.165) is 0 Å². The molecular formula is C13H19N3O4S. The average Bonchev–Trinajstić information content (AvgIpc) is 2.78. The first kappa shape index (κ1) is 15.6. The number of nitrogen functional groups attached to an aromatic ring is 1. The van der Waals surface area contributed by atoms with Gasteiger partial charge in [0.2, 0.25) is 15.9 Å². The van der Waals surface area contributed by atoms with E-state index in [0.29, 0.717) is 30.1 Å². The quantitative estimate of drug-likeness (QED) is 0.777. The van der Waals surface area contributed by atoms with Crippen molar-refractivity contribution in [1.82, 2.24) is 4.31 Å². The predicted octanol–water partition coefficient (Wildman–Crippen LogP) is 0.641. The second kappa shape index (κ2) is 6.31. The summed E-state index contributed by atoms with van der Waals surface area (Å²) in [6.07, 6.45) is 0.711. The van der Waals surface area contributed by atoms with Crippen LogP contribution in [0.1, 0.15) is 12.8 Å². The number of sulfonamides is 1. The Morgan fingerprint density at radius 2 is 2.24 bits per heavy atom. The van der Waals surface area contributed by atoms with E-state index in [-0.39, 0.29) is 24.6 Å². The molecule has 1 saturated heterocycles. The molecular weight excluding hydrogens is 294 g/mol. The number of anilines is 2. The van der Waals surface area contributed by atoms with Crippen molar-refractivity contribution in [2.45, 2.75) is 12.8 Å². The standard InChI is InChI=1S/C13H19N3O4S/c1-20-10-3-4-11(14)12(9-10)15-13(17)5-7-16-6-2-8-21(16,18)19/h3-4,9H,2,5-8,14H2,1H3,(H,15,17). The Balaban J connectivity index is 1.93. The molecule has 21 heavy (non-hydrogen) atoms. The van der Waals surface area contributed by atoms with E-state index in [9.17, 15) is 13.2 Å². The number of amides is 1. The molecule has 1 fully saturated rings. The monoisotopic (exact) mass is 313 g/mol. The molecule has 2 rings (SSSR count). The lowest BCUT2D eigenvalue weighted by molar-refractivity contribution is -0.116. The number of nitrogens with one attached hydrogen (secondary N) is 1. The van der Waals surface area contributed by atoms with E-state index < -0.39 is 10.0 Å². The van der Waals surface area contributed by atoms with Gasteiger partial charge in [-0.15, -0.1) is 0 Å². The zero-order valence-electron chi connectivity index (χ0n) is 11.8. The lowest BCUT2D eigenvalue weighted by Gasteiger charge is -2.14. The first-order valence-electron chi connectivity index (χ1n) is 6.63. The number of nitrogens with zero attached hydrogens (tertiary/aromatic N) is 1. The predicted molar refractivity (Wildman–Crippen MR) is 80.6 cm³/mol. The molecule has 1 amide bonds. The van der Waals surface area contributed by atoms with Gasteiger partial charge < -0.3 is 15.8 Å². The molecule has 1 aliphatic rings. The summed E-state index contributed by atoms with van der Waals surface area (Å²) in [5.74, 6) is 0.468. The number of hydrogen-bond acceptors (Lipinski definition) is 5. The van der Waals surface area contributed by atoms with Crippen LogP contribution in [-0.2, 0) is 14.8 Å². The van der Waals surface area contributed by atoms with Gasteiger partial charge in [-0.2, -0.15) is 0 Å². The Kier molecular flexibility index (Phi) is 4.69. The summed E-state index contributed by atoms with van der Waals surface area (Å²) in [6, 6.07) is 4.96. The molecule has 1 aromatic rings. The van der Waals surface area contributed by atoms with Crippen LogP contribution >= 0.6 is 0 Å². The summed E-state index contributed by atoms with van der Waals surface area (Å²) >= 11 is 0. The molecule has 0 atom stereocenters. The Bertz CT molecular complexity index is 630. The van der Waals surface area contributed by atoms with Gasteiger partial charge in [0.1, 0.15) is 5.75 Å². The minimum atomic E-state index is -3.17. The van der Waals surface area contributed by atoms with Crippen LogP contribution in [0, 0.1) is 0 Å². The fraction of sp³-hybridized carbons (Fsp3) is 0.462. The molecule has 1 heterocycles. The van der Waals surface area contributed by atoms with Crippen molar-refractivity contribution in [3.63, 3.8) is 0 Å². The first-order valence-corrected chi connectivity index (χ1v) is 8.24. The second-order valence-corrected chi connectivity index (χ2v) is 6.91. The summed E-state index contributed by atoms with van der Waals surface area (Å²) in [4.78, 5) is 11.9. The number of benzene rings is 1. The maximum absolute atomic E-state index is 11.9. The number of hydrogen-bond donors (Lipinski definition) is 2. The molecule has 1 aliphatic heterocycles. The maximum atomic E-state index is 11.9. The summed E-state index contributed by atoms with van der Waals surface area (Å²) in [5.41, 5.74) is 6.67. The zero-order chi connectivity index (χ0) is 15.5. The van der Waals surface area contributed by atoms with Crippen LogP contribution in [0.4, 0.5) is 11.4 Å². The zero-order valence-corrected chi connectivity index (χ0v) is 12.6. The molecule has 3 N–H and O–H groups in total. The van der Waals surface area contributed by atoms with E-state index in [1.807, 2.05) is 0 Å². The number of carbonyl (C=O) groups is 1. The van der Waals surface area contributed by atoms with Crippen LogP contribution in [0.25, 0.3) is 0 Å². The molecule has 7 nitrogen and oxygen atoms in total. The van der Waals surface area contributed by atoms with E-state index in [1.54, 1.807) is 18.2 Å². The highest BCUT2D eigenvalue weighted by atomic mass is 32.2. The van der Waals surface area contributed by atoms with Gasteiger partial charge in [-0.3, -0.25) is 4.79 Å². The molecule has 0 aliphatic carbocycles. The fourth-order valence-corrected chi connectivity index (χ4v) is 3.68. The van der Waals surface area contributed by atoms with Crippen molar-refractivity contribution in [3.8, 4) is 5.75 Å². The van der Waals surface area contributed by atoms with Gasteiger partial charge in [-0.05, 0) is 18.6 Å². The lowest BCUT2D eigenvalue weighted by Crippen LogP contribution is -2.29. The highest BCUT2D eigenvalue weighted by molar-refractivity contribution is 7.89. The highest BCUT2D eigenvalue weighted by Crippen LogP contribution is 2.24. The number of methoxy groups -OCH3 is 1. The number of ether oxygens (including phenoxy) is 1. The third-order valence-corrected chi connectivity index (χ3v) is 5.28. The van der Waals surface area contributed by atoms with Gasteiger partial charge in [-0.1, -0.05) is 0 Å². The Morgan fingerprint density at radius 3 is 2.86 bits per heavy atom. The minimum Gasteiger partial charge on any atom is -0.497 e. The Morgan fingerprint density at radius 1 is 1.48 bits per heavy atom. The van der Waals surface area contributed by atoms with Gasteiger partial charge in [0, 0.05) is 25.6 Å². The molecule has 116 valence electrons. The van der Waals surface area contributed by atoms with Gasteiger partial charge in [0.25, 0.3) is 0 Å². The van der Waals surface area contributed by atoms with Crippen molar-refractivity contribution in [2.24, 2.45) is 0 Å². The summed E-state index contributed by atoms with van der Waals surface area (Å²) < 4.78 is 29.7. The maximum Gasteiger partial charge on any atom is 0.225 e. The van der Waals surface area contributed by atoms with Gasteiger partial charge in [0.05, 0.1) is 24.2 Å². The molecule has 0 saturated carbocycles. The molecule has 1 aromatic carbocycles. The molecule has 0 radical (unpaired) electrons. The lowest BCUT2D eigenvalue weighted by atomic mass is 10.2. The van der Waals surface area contributed by atoms with Crippen LogP contribution in [0.15, 0.2) is 18.2 Å². The average molecular weight is 313 g/mol. The van der Waals surface area contributed by atoms with Crippen LogP contribution in [-0.4, -0.2) is 44.6 Å². The molecule has 0 spiro atoms. The fourth-order valence-electron chi connectivity index (χ4n) is 2.15. The van der Waals surface area contributed by atoms with Crippen molar-refractivity contribution in [3.05, 3.63) is 18.2 Å². The molecule has 0 aromatic heterocycles. The summed E-state index contributed by atoms with van der Waals surface area (Å²) in [5, 5.41) is 2.67. The van der Waals surface area contributed by atoms with Gasteiger partial charge in [0.15, 0.2) is 0 Å². The highest BCUT2D eigenvalue weighted by Gasteiger charge is 2.28. The minimum absolute atomic E-state index is 0.0931. The SMILES string of the molecule is COc1ccc(N)c(NC(=O)CCN2CCCS2(=O)=O)c1.